The smallest absolute Gasteiger partial charge is 0.191 e. The Kier molecular flexibility index (Phi) is 7.04. The molecule has 0 radical (unpaired) electrons. The predicted octanol–water partition coefficient (Wildman–Crippen LogP) is 3.07. The fraction of sp³-hybridized carbons (Fsp3) is 0.786. The second kappa shape index (κ2) is 8.02. The zero-order valence-electron chi connectivity index (χ0n) is 11.5. The van der Waals surface area contributed by atoms with Crippen molar-refractivity contribution in [1.29, 1.82) is 0 Å². The summed E-state index contributed by atoms with van der Waals surface area (Å²) in [5.41, 5.74) is 0. The Hall–Kier alpha value is -0.260. The molecule has 2 N–H and O–H groups in total. The Morgan fingerprint density at radius 1 is 1.22 bits per heavy atom. The molecule has 1 saturated carbocycles. The SMILES string of the molecule is CCCC1CC1NC(=NCC)NC1CC=CC1.I. The van der Waals surface area contributed by atoms with Crippen LogP contribution in [-0.2, 0) is 0 Å². The average molecular weight is 363 g/mol. The standard InChI is InChI=1S/C14H25N3.HI/c1-3-7-11-10-13(11)17-14(15-4-2)16-12-8-5-6-9-12;/h5-6,11-13H,3-4,7-10H2,1-2H3,(H2,15,16,17);1H. The third-order valence-corrected chi connectivity index (χ3v) is 3.57. The van der Waals surface area contributed by atoms with Crippen LogP contribution < -0.4 is 10.6 Å². The summed E-state index contributed by atoms with van der Waals surface area (Å²) < 4.78 is 0. The maximum atomic E-state index is 4.53. The maximum absolute atomic E-state index is 4.53. The number of nitrogens with zero attached hydrogens (tertiary/aromatic N) is 1. The molecule has 18 heavy (non-hydrogen) atoms. The van der Waals surface area contributed by atoms with E-state index in [1.807, 2.05) is 0 Å². The minimum atomic E-state index is 0. The molecule has 0 aliphatic heterocycles. The van der Waals surface area contributed by atoms with Gasteiger partial charge in [0.15, 0.2) is 5.96 Å². The summed E-state index contributed by atoms with van der Waals surface area (Å²) in [7, 11) is 0. The van der Waals surface area contributed by atoms with Gasteiger partial charge in [-0.05, 0) is 38.5 Å². The van der Waals surface area contributed by atoms with Crippen molar-refractivity contribution in [2.24, 2.45) is 10.9 Å². The fourth-order valence-electron chi connectivity index (χ4n) is 2.51. The van der Waals surface area contributed by atoms with Gasteiger partial charge in [0.2, 0.25) is 0 Å². The van der Waals surface area contributed by atoms with Gasteiger partial charge in [-0.25, -0.2) is 0 Å². The Labute approximate surface area is 128 Å². The number of rotatable bonds is 5. The number of guanidine groups is 1. The van der Waals surface area contributed by atoms with Crippen molar-refractivity contribution in [3.8, 4) is 0 Å². The zero-order valence-corrected chi connectivity index (χ0v) is 13.8. The molecule has 0 aromatic rings. The summed E-state index contributed by atoms with van der Waals surface area (Å²) in [5.74, 6) is 1.90. The summed E-state index contributed by atoms with van der Waals surface area (Å²) in [6, 6.07) is 1.22. The number of halogens is 1. The number of hydrogen-bond acceptors (Lipinski definition) is 1. The number of nitrogens with one attached hydrogen (secondary N) is 2. The van der Waals surface area contributed by atoms with Crippen LogP contribution in [0.2, 0.25) is 0 Å². The molecule has 2 rings (SSSR count). The van der Waals surface area contributed by atoms with Crippen LogP contribution in [0.3, 0.4) is 0 Å². The number of hydrogen-bond donors (Lipinski definition) is 2. The largest absolute Gasteiger partial charge is 0.353 e. The van der Waals surface area contributed by atoms with Crippen LogP contribution >= 0.6 is 24.0 Å². The highest BCUT2D eigenvalue weighted by molar-refractivity contribution is 14.0. The van der Waals surface area contributed by atoms with Crippen LogP contribution in [0.4, 0.5) is 0 Å². The highest BCUT2D eigenvalue weighted by Gasteiger charge is 2.36. The van der Waals surface area contributed by atoms with E-state index in [0.29, 0.717) is 12.1 Å². The quantitative estimate of drug-likeness (QED) is 0.341. The molecule has 2 atom stereocenters. The Bertz CT molecular complexity index is 293. The van der Waals surface area contributed by atoms with Crippen LogP contribution in [0.15, 0.2) is 17.1 Å². The fourth-order valence-corrected chi connectivity index (χ4v) is 2.51. The summed E-state index contributed by atoms with van der Waals surface area (Å²) >= 11 is 0. The molecule has 0 aromatic heterocycles. The lowest BCUT2D eigenvalue weighted by Crippen LogP contribution is -2.44. The molecule has 0 bridgehead atoms. The first-order valence-corrected chi connectivity index (χ1v) is 7.06. The van der Waals surface area contributed by atoms with E-state index in [9.17, 15) is 0 Å². The van der Waals surface area contributed by atoms with Crippen molar-refractivity contribution in [2.75, 3.05) is 6.54 Å². The first kappa shape index (κ1) is 15.8. The summed E-state index contributed by atoms with van der Waals surface area (Å²) in [4.78, 5) is 4.53. The zero-order chi connectivity index (χ0) is 12.1. The van der Waals surface area contributed by atoms with E-state index in [1.165, 1.54) is 19.3 Å². The van der Waals surface area contributed by atoms with Gasteiger partial charge in [0.1, 0.15) is 0 Å². The molecule has 0 amide bonds. The van der Waals surface area contributed by atoms with Gasteiger partial charge in [0, 0.05) is 18.6 Å². The predicted molar refractivity (Wildman–Crippen MR) is 88.6 cm³/mol. The molecule has 104 valence electrons. The molecule has 0 aromatic carbocycles. The van der Waals surface area contributed by atoms with Gasteiger partial charge in [0.25, 0.3) is 0 Å². The van der Waals surface area contributed by atoms with Crippen molar-refractivity contribution in [3.63, 3.8) is 0 Å². The lowest BCUT2D eigenvalue weighted by molar-refractivity contribution is 0.614. The van der Waals surface area contributed by atoms with E-state index in [4.69, 9.17) is 0 Å². The Balaban J connectivity index is 0.00000162. The lowest BCUT2D eigenvalue weighted by atomic mass is 10.2. The maximum Gasteiger partial charge on any atom is 0.191 e. The van der Waals surface area contributed by atoms with Gasteiger partial charge in [-0.2, -0.15) is 0 Å². The van der Waals surface area contributed by atoms with E-state index in [-0.39, 0.29) is 24.0 Å². The van der Waals surface area contributed by atoms with Crippen molar-refractivity contribution in [3.05, 3.63) is 12.2 Å². The van der Waals surface area contributed by atoms with Gasteiger partial charge in [0.05, 0.1) is 0 Å². The number of aliphatic imine (C=N–C) groups is 1. The monoisotopic (exact) mass is 363 g/mol. The minimum Gasteiger partial charge on any atom is -0.353 e. The molecular weight excluding hydrogens is 337 g/mol. The van der Waals surface area contributed by atoms with Crippen molar-refractivity contribution < 1.29 is 0 Å². The lowest BCUT2D eigenvalue weighted by Gasteiger charge is -2.17. The van der Waals surface area contributed by atoms with Gasteiger partial charge in [-0.15, -0.1) is 24.0 Å². The van der Waals surface area contributed by atoms with E-state index in [1.54, 1.807) is 0 Å². The molecule has 0 spiro atoms. The summed E-state index contributed by atoms with van der Waals surface area (Å²) in [6.45, 7) is 5.20. The van der Waals surface area contributed by atoms with Gasteiger partial charge in [-0.3, -0.25) is 4.99 Å². The van der Waals surface area contributed by atoms with E-state index < -0.39 is 0 Å². The third-order valence-electron chi connectivity index (χ3n) is 3.57. The second-order valence-corrected chi connectivity index (χ2v) is 5.14. The van der Waals surface area contributed by atoms with Crippen molar-refractivity contribution >= 4 is 29.9 Å². The second-order valence-electron chi connectivity index (χ2n) is 5.14. The highest BCUT2D eigenvalue weighted by atomic mass is 127. The Morgan fingerprint density at radius 3 is 2.56 bits per heavy atom. The van der Waals surface area contributed by atoms with Crippen LogP contribution in [-0.4, -0.2) is 24.6 Å². The Morgan fingerprint density at radius 2 is 1.94 bits per heavy atom. The van der Waals surface area contributed by atoms with Crippen LogP contribution in [0, 0.1) is 5.92 Å². The molecule has 1 fully saturated rings. The van der Waals surface area contributed by atoms with E-state index >= 15 is 0 Å². The first-order chi connectivity index (χ1) is 8.33. The molecule has 2 aliphatic carbocycles. The van der Waals surface area contributed by atoms with Crippen LogP contribution in [0.25, 0.3) is 0 Å². The molecule has 2 aliphatic rings. The molecule has 0 saturated heterocycles. The molecule has 4 heteroatoms. The third kappa shape index (κ3) is 4.78. The highest BCUT2D eigenvalue weighted by Crippen LogP contribution is 2.34. The summed E-state index contributed by atoms with van der Waals surface area (Å²) in [6.07, 6.45) is 10.7. The molecule has 3 nitrogen and oxygen atoms in total. The minimum absolute atomic E-state index is 0. The van der Waals surface area contributed by atoms with Gasteiger partial charge < -0.3 is 10.6 Å². The normalized spacial score (nSPS) is 26.9. The van der Waals surface area contributed by atoms with E-state index in [2.05, 4.69) is 41.6 Å². The van der Waals surface area contributed by atoms with Crippen LogP contribution in [0.1, 0.15) is 46.0 Å². The average Bonchev–Trinajstić information content (AvgIpc) is 2.83. The molecule has 0 heterocycles. The molecular formula is C14H26IN3. The molecule has 2 unspecified atom stereocenters. The first-order valence-electron chi connectivity index (χ1n) is 7.06. The van der Waals surface area contributed by atoms with Gasteiger partial charge >= 0.3 is 0 Å². The van der Waals surface area contributed by atoms with Gasteiger partial charge in [-0.1, -0.05) is 25.5 Å². The van der Waals surface area contributed by atoms with E-state index in [0.717, 1.165) is 31.3 Å². The van der Waals surface area contributed by atoms with Crippen LogP contribution in [0.5, 0.6) is 0 Å². The summed E-state index contributed by atoms with van der Waals surface area (Å²) in [5, 5.41) is 7.09. The topological polar surface area (TPSA) is 36.4 Å². The van der Waals surface area contributed by atoms with Crippen molar-refractivity contribution in [2.45, 2.75) is 58.0 Å². The van der Waals surface area contributed by atoms with Crippen molar-refractivity contribution in [1.82, 2.24) is 10.6 Å².